The molecule has 1 aliphatic rings. The van der Waals surface area contributed by atoms with Crippen molar-refractivity contribution < 1.29 is 10.2 Å². The molecule has 1 saturated heterocycles. The highest BCUT2D eigenvalue weighted by Crippen LogP contribution is 2.42. The minimum absolute atomic E-state index is 0.329. The van der Waals surface area contributed by atoms with E-state index in [1.807, 2.05) is 13.8 Å². The van der Waals surface area contributed by atoms with E-state index in [1.165, 1.54) is 23.2 Å². The van der Waals surface area contributed by atoms with Gasteiger partial charge in [0, 0.05) is 12.8 Å². The van der Waals surface area contributed by atoms with Gasteiger partial charge in [-0.15, -0.1) is 0 Å². The molecule has 102 valence electrons. The van der Waals surface area contributed by atoms with Gasteiger partial charge in [0.15, 0.2) is 0 Å². The van der Waals surface area contributed by atoms with Gasteiger partial charge in [-0.05, 0) is 31.4 Å². The van der Waals surface area contributed by atoms with Gasteiger partial charge in [0.25, 0.3) is 0 Å². The van der Waals surface area contributed by atoms with Crippen LogP contribution in [0.5, 0.6) is 11.5 Å². The van der Waals surface area contributed by atoms with E-state index in [2.05, 4.69) is 4.58 Å². The summed E-state index contributed by atoms with van der Waals surface area (Å²) in [6.45, 7) is 5.88. The zero-order chi connectivity index (χ0) is 13.6. The summed E-state index contributed by atoms with van der Waals surface area (Å²) in [6, 6.07) is 0. The third-order valence-corrected chi connectivity index (χ3v) is 6.60. The van der Waals surface area contributed by atoms with Crippen LogP contribution in [0, 0.1) is 13.8 Å². The molecule has 1 fully saturated rings. The molecule has 1 aromatic heterocycles. The fraction of sp³-hybridized carbons (Fsp3) is 0.500. The van der Waals surface area contributed by atoms with Crippen molar-refractivity contribution in [2.45, 2.75) is 33.1 Å². The van der Waals surface area contributed by atoms with Crippen molar-refractivity contribution in [3.8, 4) is 11.5 Å². The maximum absolute atomic E-state index is 10.3. The van der Waals surface area contributed by atoms with Crippen molar-refractivity contribution >= 4 is 32.1 Å². The van der Waals surface area contributed by atoms with E-state index in [4.69, 9.17) is 0 Å². The first-order valence-electron chi connectivity index (χ1n) is 6.62. The van der Waals surface area contributed by atoms with Gasteiger partial charge in [-0.2, -0.15) is 0 Å². The Morgan fingerprint density at radius 3 is 1.79 bits per heavy atom. The van der Waals surface area contributed by atoms with E-state index < -0.39 is 0 Å². The lowest BCUT2D eigenvalue weighted by molar-refractivity contribution is 0.459. The van der Waals surface area contributed by atoms with E-state index in [0.29, 0.717) is 11.5 Å². The summed E-state index contributed by atoms with van der Waals surface area (Å²) in [5, 5.41) is 20.5. The second-order valence-corrected chi connectivity index (χ2v) is 7.38. The van der Waals surface area contributed by atoms with Crippen molar-refractivity contribution in [3.05, 3.63) is 15.1 Å². The number of phenolic OH excluding ortho intramolecular Hbond substituents is 2. The Bertz CT molecular complexity index is 656. The molecule has 3 nitrogen and oxygen atoms in total. The average molecular weight is 296 g/mol. The molecule has 2 aromatic rings. The molecule has 0 bridgehead atoms. The molecule has 1 aliphatic heterocycles. The van der Waals surface area contributed by atoms with Crippen LogP contribution in [0.3, 0.4) is 0 Å². The van der Waals surface area contributed by atoms with Crippen molar-refractivity contribution in [3.63, 3.8) is 0 Å². The highest BCUT2D eigenvalue weighted by atomic mass is 32.2. The Kier molecular flexibility index (Phi) is 3.27. The van der Waals surface area contributed by atoms with Crippen molar-refractivity contribution in [1.82, 2.24) is 4.58 Å². The quantitative estimate of drug-likeness (QED) is 0.580. The predicted octanol–water partition coefficient (Wildman–Crippen LogP) is 2.95. The van der Waals surface area contributed by atoms with Gasteiger partial charge >= 0.3 is 3.98 Å². The van der Waals surface area contributed by atoms with Crippen molar-refractivity contribution in [2.75, 3.05) is 13.1 Å². The molecule has 0 radical (unpaired) electrons. The number of benzene rings is 1. The number of phenols is 2. The van der Waals surface area contributed by atoms with Crippen molar-refractivity contribution in [2.24, 2.45) is 0 Å². The van der Waals surface area contributed by atoms with Gasteiger partial charge in [0.05, 0.1) is 9.40 Å². The number of fused-ring (bicyclic) bond motifs is 1. The molecule has 19 heavy (non-hydrogen) atoms. The molecule has 2 N–H and O–H groups in total. The number of piperidine rings is 1. The molecule has 0 amide bonds. The normalized spacial score (nSPS) is 16.2. The fourth-order valence-electron chi connectivity index (χ4n) is 2.50. The lowest BCUT2D eigenvalue weighted by Crippen LogP contribution is -2.31. The van der Waals surface area contributed by atoms with Crippen LogP contribution < -0.4 is 8.56 Å². The van der Waals surface area contributed by atoms with E-state index >= 15 is 0 Å². The zero-order valence-corrected chi connectivity index (χ0v) is 12.8. The van der Waals surface area contributed by atoms with Gasteiger partial charge in [0.2, 0.25) is 0 Å². The second kappa shape index (κ2) is 4.80. The molecule has 0 saturated carbocycles. The maximum atomic E-state index is 10.3. The Balaban J connectivity index is 2.32. The average Bonchev–Trinajstić information content (AvgIpc) is 2.89. The molecule has 5 heteroatoms. The Labute approximate surface area is 120 Å². The third kappa shape index (κ3) is 2.05. The van der Waals surface area contributed by atoms with Crippen LogP contribution in [-0.2, 0) is 0 Å². The van der Waals surface area contributed by atoms with Crippen LogP contribution in [0.15, 0.2) is 0 Å². The van der Waals surface area contributed by atoms with Crippen LogP contribution in [-0.4, -0.2) is 23.3 Å². The molecular formula is C14H18NO2S2+. The number of hydrogen-bond acceptors (Lipinski definition) is 4. The van der Waals surface area contributed by atoms with Gasteiger partial charge in [-0.25, -0.2) is 4.58 Å². The highest BCUT2D eigenvalue weighted by Gasteiger charge is 2.20. The SMILES string of the molecule is Cc1c(C)c(O)c2sc(=[N+]3CCCCC3)sc2c1O. The topological polar surface area (TPSA) is 43.5 Å². The minimum Gasteiger partial charge on any atom is -0.506 e. The number of hydrogen-bond donors (Lipinski definition) is 2. The highest BCUT2D eigenvalue weighted by molar-refractivity contribution is 7.36. The van der Waals surface area contributed by atoms with E-state index in [1.54, 1.807) is 22.7 Å². The second-order valence-electron chi connectivity index (χ2n) is 5.12. The first kappa shape index (κ1) is 12.9. The molecule has 2 heterocycles. The summed E-state index contributed by atoms with van der Waals surface area (Å²) in [5.74, 6) is 0.657. The van der Waals surface area contributed by atoms with Crippen LogP contribution in [0.2, 0.25) is 0 Å². The molecule has 0 unspecified atom stereocenters. The largest absolute Gasteiger partial charge is 0.506 e. The van der Waals surface area contributed by atoms with E-state index in [0.717, 1.165) is 33.6 Å². The summed E-state index contributed by atoms with van der Waals surface area (Å²) < 4.78 is 5.23. The molecule has 3 rings (SSSR count). The van der Waals surface area contributed by atoms with Gasteiger partial charge in [-0.1, -0.05) is 22.7 Å². The Hall–Kier alpha value is -1.07. The first-order valence-corrected chi connectivity index (χ1v) is 8.25. The van der Waals surface area contributed by atoms with E-state index in [-0.39, 0.29) is 0 Å². The summed E-state index contributed by atoms with van der Waals surface area (Å²) in [7, 11) is 0. The predicted molar refractivity (Wildman–Crippen MR) is 81.4 cm³/mol. The molecule has 0 aliphatic carbocycles. The number of rotatable bonds is 0. The van der Waals surface area contributed by atoms with Crippen LogP contribution >= 0.6 is 22.7 Å². The lowest BCUT2D eigenvalue weighted by Gasteiger charge is -2.07. The summed E-state index contributed by atoms with van der Waals surface area (Å²) in [5.41, 5.74) is 1.56. The van der Waals surface area contributed by atoms with Gasteiger partial charge in [-0.3, -0.25) is 0 Å². The van der Waals surface area contributed by atoms with Crippen LogP contribution in [0.4, 0.5) is 0 Å². The minimum atomic E-state index is 0.329. The summed E-state index contributed by atoms with van der Waals surface area (Å²) >= 11 is 3.20. The molecule has 0 spiro atoms. The van der Waals surface area contributed by atoms with Crippen LogP contribution in [0.25, 0.3) is 9.40 Å². The summed E-state index contributed by atoms with van der Waals surface area (Å²) in [6.07, 6.45) is 3.77. The lowest BCUT2D eigenvalue weighted by atomic mass is 10.1. The van der Waals surface area contributed by atoms with Crippen molar-refractivity contribution in [1.29, 1.82) is 0 Å². The molecule has 1 aromatic carbocycles. The molecule has 0 atom stereocenters. The van der Waals surface area contributed by atoms with E-state index in [9.17, 15) is 10.2 Å². The zero-order valence-electron chi connectivity index (χ0n) is 11.2. The number of aromatic hydroxyl groups is 2. The summed E-state index contributed by atoms with van der Waals surface area (Å²) in [4.78, 5) is 0. The number of nitrogens with zero attached hydrogens (tertiary/aromatic N) is 1. The third-order valence-electron chi connectivity index (χ3n) is 3.90. The fourth-order valence-corrected chi connectivity index (χ4v) is 5.27. The van der Waals surface area contributed by atoms with Crippen LogP contribution in [0.1, 0.15) is 30.4 Å². The first-order chi connectivity index (χ1) is 9.09. The maximum Gasteiger partial charge on any atom is 0.315 e. The standard InChI is InChI=1S/C14H17NO2S2/c1-8-9(2)11(17)13-12(10(8)16)18-14(19-13)15-6-4-3-5-7-15/h3-7H2,1-2H3,(H-,16,17)/p+1. The molecular weight excluding hydrogens is 278 g/mol. The van der Waals surface area contributed by atoms with Gasteiger partial charge in [0.1, 0.15) is 24.6 Å². The Morgan fingerprint density at radius 1 is 0.842 bits per heavy atom. The Morgan fingerprint density at radius 2 is 1.32 bits per heavy atom. The van der Waals surface area contributed by atoms with Gasteiger partial charge < -0.3 is 10.2 Å². The monoisotopic (exact) mass is 296 g/mol. The smallest absolute Gasteiger partial charge is 0.315 e.